The van der Waals surface area contributed by atoms with Crippen molar-refractivity contribution in [3.63, 3.8) is 0 Å². The molecule has 6 rings (SSSR count). The van der Waals surface area contributed by atoms with Crippen LogP contribution in [0.4, 0.5) is 17.1 Å². The highest BCUT2D eigenvalue weighted by Crippen LogP contribution is 2.38. The fraction of sp³-hybridized carbons (Fsp3) is 0. The van der Waals surface area contributed by atoms with Crippen LogP contribution in [0.3, 0.4) is 0 Å². The minimum absolute atomic E-state index is 1.15. The molecule has 0 saturated heterocycles. The van der Waals surface area contributed by atoms with Crippen molar-refractivity contribution in [2.45, 2.75) is 0 Å². The summed E-state index contributed by atoms with van der Waals surface area (Å²) in [7, 11) is 0. The summed E-state index contributed by atoms with van der Waals surface area (Å²) < 4.78 is 0. The molecule has 0 aliphatic rings. The molecule has 31 heavy (non-hydrogen) atoms. The molecule has 0 saturated carbocycles. The van der Waals surface area contributed by atoms with Gasteiger partial charge in [-0.15, -0.1) is 0 Å². The van der Waals surface area contributed by atoms with Gasteiger partial charge in [0.05, 0.1) is 0 Å². The molecule has 6 aromatic carbocycles. The van der Waals surface area contributed by atoms with Gasteiger partial charge in [0.25, 0.3) is 0 Å². The molecule has 6 aromatic rings. The number of fused-ring (bicyclic) bond motifs is 5. The summed E-state index contributed by atoms with van der Waals surface area (Å²) in [5.41, 5.74) is 3.46. The van der Waals surface area contributed by atoms with Crippen molar-refractivity contribution in [2.75, 3.05) is 4.90 Å². The second-order valence-electron chi connectivity index (χ2n) is 7.86. The minimum Gasteiger partial charge on any atom is -0.310 e. The van der Waals surface area contributed by atoms with Crippen LogP contribution in [0.2, 0.25) is 0 Å². The van der Waals surface area contributed by atoms with Crippen LogP contribution in [0.15, 0.2) is 127 Å². The fourth-order valence-corrected chi connectivity index (χ4v) is 4.56. The van der Waals surface area contributed by atoms with Gasteiger partial charge in [0, 0.05) is 17.1 Å². The Labute approximate surface area is 181 Å². The Morgan fingerprint density at radius 3 is 1.61 bits per heavy atom. The zero-order chi connectivity index (χ0) is 20.6. The van der Waals surface area contributed by atoms with Crippen molar-refractivity contribution in [3.8, 4) is 0 Å². The average Bonchev–Trinajstić information content (AvgIpc) is 2.85. The largest absolute Gasteiger partial charge is 0.310 e. The average molecular weight is 396 g/mol. The number of rotatable bonds is 3. The molecule has 0 atom stereocenters. The Morgan fingerprint density at radius 1 is 0.355 bits per heavy atom. The van der Waals surface area contributed by atoms with Crippen molar-refractivity contribution in [3.05, 3.63) is 127 Å². The van der Waals surface area contributed by atoms with E-state index in [1.54, 1.807) is 0 Å². The zero-order valence-electron chi connectivity index (χ0n) is 17.1. The molecule has 0 fully saturated rings. The van der Waals surface area contributed by atoms with E-state index in [4.69, 9.17) is 0 Å². The van der Waals surface area contributed by atoms with Crippen molar-refractivity contribution >= 4 is 49.4 Å². The lowest BCUT2D eigenvalue weighted by molar-refractivity contribution is 1.29. The molecule has 0 aromatic heterocycles. The number of para-hydroxylation sites is 2. The third-order valence-corrected chi connectivity index (χ3v) is 6.00. The van der Waals surface area contributed by atoms with E-state index in [0.29, 0.717) is 0 Å². The van der Waals surface area contributed by atoms with Gasteiger partial charge in [-0.3, -0.25) is 0 Å². The lowest BCUT2D eigenvalue weighted by atomic mass is 9.96. The van der Waals surface area contributed by atoms with Crippen LogP contribution in [0.5, 0.6) is 0 Å². The SMILES string of the molecule is c1ccc(N(c2ccccc2)c2ccc3c(ccc4ccc5ccccc5c43)c2)cc1. The van der Waals surface area contributed by atoms with Gasteiger partial charge in [0.15, 0.2) is 0 Å². The number of hydrogen-bond acceptors (Lipinski definition) is 1. The van der Waals surface area contributed by atoms with Crippen molar-refractivity contribution < 1.29 is 0 Å². The van der Waals surface area contributed by atoms with Crippen LogP contribution in [-0.2, 0) is 0 Å². The first-order chi connectivity index (χ1) is 15.4. The van der Waals surface area contributed by atoms with Crippen molar-refractivity contribution in [1.29, 1.82) is 0 Å². The first-order valence-corrected chi connectivity index (χ1v) is 10.6. The van der Waals surface area contributed by atoms with E-state index in [9.17, 15) is 0 Å². The summed E-state index contributed by atoms with van der Waals surface area (Å²) in [5, 5.41) is 7.73. The summed E-state index contributed by atoms with van der Waals surface area (Å²) in [6, 6.07) is 45.5. The molecule has 1 nitrogen and oxygen atoms in total. The van der Waals surface area contributed by atoms with Crippen LogP contribution in [0.25, 0.3) is 32.3 Å². The summed E-state index contributed by atoms with van der Waals surface area (Å²) in [6.45, 7) is 0. The van der Waals surface area contributed by atoms with Gasteiger partial charge in [-0.1, -0.05) is 91.0 Å². The monoisotopic (exact) mass is 395 g/mol. The van der Waals surface area contributed by atoms with Crippen molar-refractivity contribution in [1.82, 2.24) is 0 Å². The van der Waals surface area contributed by atoms with Crippen LogP contribution in [-0.4, -0.2) is 0 Å². The number of nitrogens with zero attached hydrogens (tertiary/aromatic N) is 1. The molecule has 0 N–H and O–H groups in total. The first-order valence-electron chi connectivity index (χ1n) is 10.6. The molecule has 0 heterocycles. The number of hydrogen-bond donors (Lipinski definition) is 0. The lowest BCUT2D eigenvalue weighted by Gasteiger charge is -2.25. The van der Waals surface area contributed by atoms with Gasteiger partial charge in [-0.2, -0.15) is 0 Å². The number of anilines is 3. The quantitative estimate of drug-likeness (QED) is 0.271. The van der Waals surface area contributed by atoms with E-state index in [-0.39, 0.29) is 0 Å². The fourth-order valence-electron chi connectivity index (χ4n) is 4.56. The molecule has 146 valence electrons. The van der Waals surface area contributed by atoms with E-state index >= 15 is 0 Å². The maximum atomic E-state index is 2.31. The van der Waals surface area contributed by atoms with E-state index < -0.39 is 0 Å². The zero-order valence-corrected chi connectivity index (χ0v) is 17.1. The predicted molar refractivity (Wildman–Crippen MR) is 134 cm³/mol. The molecule has 0 aliphatic carbocycles. The van der Waals surface area contributed by atoms with Gasteiger partial charge >= 0.3 is 0 Å². The molecule has 1 heteroatoms. The molecular weight excluding hydrogens is 374 g/mol. The van der Waals surface area contributed by atoms with Gasteiger partial charge in [0.1, 0.15) is 0 Å². The van der Waals surface area contributed by atoms with Crippen LogP contribution >= 0.6 is 0 Å². The Morgan fingerprint density at radius 2 is 0.903 bits per heavy atom. The standard InChI is InChI=1S/C30H21N/c1-3-10-25(11-4-1)31(26-12-5-2-6-13-26)27-19-20-29-24(21-27)18-17-23-16-15-22-9-7-8-14-28(22)30(23)29/h1-21H. The van der Waals surface area contributed by atoms with E-state index in [1.165, 1.54) is 32.3 Å². The predicted octanol–water partition coefficient (Wildman–Crippen LogP) is 8.62. The summed E-state index contributed by atoms with van der Waals surface area (Å²) in [5.74, 6) is 0. The normalized spacial score (nSPS) is 11.2. The molecule has 0 spiro atoms. The Bertz CT molecular complexity index is 1480. The molecule has 0 radical (unpaired) electrons. The molecule has 0 bridgehead atoms. The first kappa shape index (κ1) is 17.7. The highest BCUT2D eigenvalue weighted by molar-refractivity contribution is 6.20. The van der Waals surface area contributed by atoms with Crippen LogP contribution in [0.1, 0.15) is 0 Å². The molecule has 0 aliphatic heterocycles. The highest BCUT2D eigenvalue weighted by Gasteiger charge is 2.13. The van der Waals surface area contributed by atoms with E-state index in [2.05, 4.69) is 132 Å². The summed E-state index contributed by atoms with van der Waals surface area (Å²) in [6.07, 6.45) is 0. The van der Waals surface area contributed by atoms with E-state index in [1.807, 2.05) is 0 Å². The second kappa shape index (κ2) is 7.30. The Kier molecular flexibility index (Phi) is 4.18. The smallest absolute Gasteiger partial charge is 0.0468 e. The second-order valence-corrected chi connectivity index (χ2v) is 7.86. The Hall–Kier alpha value is -4.10. The van der Waals surface area contributed by atoms with Gasteiger partial charge in [-0.25, -0.2) is 0 Å². The maximum Gasteiger partial charge on any atom is 0.0468 e. The molecule has 0 unspecified atom stereocenters. The van der Waals surface area contributed by atoms with Crippen LogP contribution in [0, 0.1) is 0 Å². The Balaban J connectivity index is 1.61. The molecular formula is C30H21N. The lowest BCUT2D eigenvalue weighted by Crippen LogP contribution is -2.09. The summed E-state index contributed by atoms with van der Waals surface area (Å²) in [4.78, 5) is 2.31. The minimum atomic E-state index is 1.15. The third-order valence-electron chi connectivity index (χ3n) is 6.00. The van der Waals surface area contributed by atoms with Gasteiger partial charge < -0.3 is 4.90 Å². The van der Waals surface area contributed by atoms with Gasteiger partial charge in [-0.05, 0) is 68.7 Å². The molecule has 0 amide bonds. The highest BCUT2D eigenvalue weighted by atomic mass is 15.1. The van der Waals surface area contributed by atoms with E-state index in [0.717, 1.165) is 17.1 Å². The van der Waals surface area contributed by atoms with Crippen molar-refractivity contribution in [2.24, 2.45) is 0 Å². The topological polar surface area (TPSA) is 3.24 Å². The maximum absolute atomic E-state index is 2.31. The summed E-state index contributed by atoms with van der Waals surface area (Å²) >= 11 is 0. The van der Waals surface area contributed by atoms with Gasteiger partial charge in [0.2, 0.25) is 0 Å². The number of benzene rings is 6. The third kappa shape index (κ3) is 3.03. The van der Waals surface area contributed by atoms with Crippen LogP contribution < -0.4 is 4.90 Å².